The average molecular weight is 302 g/mol. The van der Waals surface area contributed by atoms with E-state index in [-0.39, 0.29) is 12.2 Å². The number of methoxy groups -OCH3 is 2. The molecular weight excluding hydrogens is 286 g/mol. The summed E-state index contributed by atoms with van der Waals surface area (Å²) >= 11 is 3.48. The zero-order valence-corrected chi connectivity index (χ0v) is 11.5. The first-order chi connectivity index (χ1) is 8.15. The number of pyridine rings is 1. The number of nitrogen functional groups attached to an aromatic ring is 1. The van der Waals surface area contributed by atoms with Crippen molar-refractivity contribution in [3.63, 3.8) is 0 Å². The van der Waals surface area contributed by atoms with Crippen LogP contribution in [0.5, 0.6) is 0 Å². The lowest BCUT2D eigenvalue weighted by Crippen LogP contribution is -2.27. The van der Waals surface area contributed by atoms with E-state index in [4.69, 9.17) is 15.2 Å². The van der Waals surface area contributed by atoms with Crippen LogP contribution in [-0.4, -0.2) is 44.5 Å². The predicted molar refractivity (Wildman–Crippen MR) is 70.2 cm³/mol. The molecule has 0 amide bonds. The standard InChI is InChI=1S/C11H16BrN3O2/c1-16-9-5-15(6-10(9)17-2)11-8(12)3-7(13)4-14-11/h3-4,9-10H,5-6,13H2,1-2H3. The summed E-state index contributed by atoms with van der Waals surface area (Å²) in [6.45, 7) is 1.54. The third kappa shape index (κ3) is 2.53. The van der Waals surface area contributed by atoms with Crippen molar-refractivity contribution >= 4 is 27.4 Å². The molecule has 2 atom stereocenters. The van der Waals surface area contributed by atoms with Crippen LogP contribution in [0.4, 0.5) is 11.5 Å². The van der Waals surface area contributed by atoms with Gasteiger partial charge in [0.05, 0.1) is 16.4 Å². The van der Waals surface area contributed by atoms with Crippen molar-refractivity contribution in [2.75, 3.05) is 37.9 Å². The molecule has 0 spiro atoms. The number of rotatable bonds is 3. The number of ether oxygens (including phenoxy) is 2. The van der Waals surface area contributed by atoms with E-state index < -0.39 is 0 Å². The van der Waals surface area contributed by atoms with Crippen molar-refractivity contribution in [3.8, 4) is 0 Å². The van der Waals surface area contributed by atoms with Gasteiger partial charge in [0.1, 0.15) is 18.0 Å². The van der Waals surface area contributed by atoms with Crippen molar-refractivity contribution in [3.05, 3.63) is 16.7 Å². The third-order valence-corrected chi connectivity index (χ3v) is 3.55. The molecule has 1 aromatic heterocycles. The fraction of sp³-hybridized carbons (Fsp3) is 0.545. The maximum absolute atomic E-state index is 5.67. The van der Waals surface area contributed by atoms with Crippen LogP contribution >= 0.6 is 15.9 Å². The summed E-state index contributed by atoms with van der Waals surface area (Å²) in [7, 11) is 3.40. The lowest BCUT2D eigenvalue weighted by molar-refractivity contribution is -0.00461. The normalized spacial score (nSPS) is 24.3. The van der Waals surface area contributed by atoms with Crippen LogP contribution in [-0.2, 0) is 9.47 Å². The highest BCUT2D eigenvalue weighted by Gasteiger charge is 2.34. The van der Waals surface area contributed by atoms with Gasteiger partial charge in [-0.25, -0.2) is 4.98 Å². The van der Waals surface area contributed by atoms with Gasteiger partial charge in [-0.05, 0) is 22.0 Å². The van der Waals surface area contributed by atoms with Gasteiger partial charge in [-0.15, -0.1) is 0 Å². The van der Waals surface area contributed by atoms with Gasteiger partial charge < -0.3 is 20.1 Å². The monoisotopic (exact) mass is 301 g/mol. The number of halogens is 1. The first kappa shape index (κ1) is 12.6. The second kappa shape index (κ2) is 5.20. The van der Waals surface area contributed by atoms with E-state index in [2.05, 4.69) is 25.8 Å². The molecule has 0 aromatic carbocycles. The highest BCUT2D eigenvalue weighted by molar-refractivity contribution is 9.10. The number of nitrogens with two attached hydrogens (primary N) is 1. The Morgan fingerprint density at radius 2 is 1.94 bits per heavy atom. The molecular formula is C11H16BrN3O2. The summed E-state index contributed by atoms with van der Waals surface area (Å²) in [5.41, 5.74) is 6.32. The Morgan fingerprint density at radius 3 is 2.41 bits per heavy atom. The molecule has 0 aliphatic carbocycles. The molecule has 0 radical (unpaired) electrons. The molecule has 1 aliphatic heterocycles. The molecule has 0 bridgehead atoms. The largest absolute Gasteiger partial charge is 0.397 e. The lowest BCUT2D eigenvalue weighted by Gasteiger charge is -2.18. The molecule has 2 heterocycles. The minimum absolute atomic E-state index is 0.0752. The van der Waals surface area contributed by atoms with Crippen LogP contribution in [0.3, 0.4) is 0 Å². The number of hydrogen-bond acceptors (Lipinski definition) is 5. The van der Waals surface area contributed by atoms with E-state index >= 15 is 0 Å². The zero-order valence-electron chi connectivity index (χ0n) is 9.89. The Balaban J connectivity index is 2.19. The molecule has 17 heavy (non-hydrogen) atoms. The van der Waals surface area contributed by atoms with Crippen LogP contribution in [0, 0.1) is 0 Å². The summed E-state index contributed by atoms with van der Waals surface area (Å²) in [5.74, 6) is 0.876. The fourth-order valence-corrected chi connectivity index (χ4v) is 2.67. The van der Waals surface area contributed by atoms with Gasteiger partial charge >= 0.3 is 0 Å². The van der Waals surface area contributed by atoms with E-state index in [1.165, 1.54) is 0 Å². The molecule has 1 saturated heterocycles. The van der Waals surface area contributed by atoms with Crippen LogP contribution in [0.1, 0.15) is 0 Å². The molecule has 0 saturated carbocycles. The molecule has 6 heteroatoms. The van der Waals surface area contributed by atoms with Gasteiger partial charge in [-0.3, -0.25) is 0 Å². The van der Waals surface area contributed by atoms with Crippen LogP contribution in [0.2, 0.25) is 0 Å². The Kier molecular flexibility index (Phi) is 3.86. The summed E-state index contributed by atoms with van der Waals surface area (Å²) in [6.07, 6.45) is 1.81. The van der Waals surface area contributed by atoms with Gasteiger partial charge in [0.2, 0.25) is 0 Å². The Labute approximate surface area is 109 Å². The molecule has 2 rings (SSSR count). The summed E-state index contributed by atoms with van der Waals surface area (Å²) in [4.78, 5) is 6.47. The molecule has 2 N–H and O–H groups in total. The maximum Gasteiger partial charge on any atom is 0.143 e. The van der Waals surface area contributed by atoms with Crippen molar-refractivity contribution < 1.29 is 9.47 Å². The van der Waals surface area contributed by atoms with Gasteiger partial charge in [-0.1, -0.05) is 0 Å². The average Bonchev–Trinajstić information content (AvgIpc) is 2.72. The summed E-state index contributed by atoms with van der Waals surface area (Å²) in [6, 6.07) is 1.85. The van der Waals surface area contributed by atoms with Crippen molar-refractivity contribution in [1.82, 2.24) is 4.98 Å². The SMILES string of the molecule is COC1CN(c2ncc(N)cc2Br)CC1OC. The fourth-order valence-electron chi connectivity index (χ4n) is 2.05. The molecule has 1 aliphatic rings. The van der Waals surface area contributed by atoms with Gasteiger partial charge in [-0.2, -0.15) is 0 Å². The maximum atomic E-state index is 5.67. The first-order valence-electron chi connectivity index (χ1n) is 5.37. The minimum atomic E-state index is 0.0752. The topological polar surface area (TPSA) is 60.6 Å². The highest BCUT2D eigenvalue weighted by Crippen LogP contribution is 2.29. The molecule has 1 aromatic rings. The van der Waals surface area contributed by atoms with Crippen LogP contribution in [0.25, 0.3) is 0 Å². The zero-order chi connectivity index (χ0) is 12.4. The summed E-state index contributed by atoms with van der Waals surface area (Å²) < 4.78 is 11.7. The van der Waals surface area contributed by atoms with Crippen molar-refractivity contribution in [2.24, 2.45) is 0 Å². The minimum Gasteiger partial charge on any atom is -0.397 e. The number of nitrogens with zero attached hydrogens (tertiary/aromatic N) is 2. The summed E-state index contributed by atoms with van der Waals surface area (Å²) in [5, 5.41) is 0. The quantitative estimate of drug-likeness (QED) is 0.911. The molecule has 1 fully saturated rings. The molecule has 2 unspecified atom stereocenters. The Bertz CT molecular complexity index is 390. The number of anilines is 2. The van der Waals surface area contributed by atoms with E-state index in [1.54, 1.807) is 20.4 Å². The van der Waals surface area contributed by atoms with E-state index in [1.807, 2.05) is 6.07 Å². The lowest BCUT2D eigenvalue weighted by atomic mass is 10.3. The van der Waals surface area contributed by atoms with Gasteiger partial charge in [0.25, 0.3) is 0 Å². The van der Waals surface area contributed by atoms with Gasteiger partial charge in [0, 0.05) is 27.3 Å². The van der Waals surface area contributed by atoms with Crippen molar-refractivity contribution in [1.29, 1.82) is 0 Å². The smallest absolute Gasteiger partial charge is 0.143 e. The Morgan fingerprint density at radius 1 is 1.35 bits per heavy atom. The van der Waals surface area contributed by atoms with E-state index in [0.717, 1.165) is 23.4 Å². The van der Waals surface area contributed by atoms with E-state index in [9.17, 15) is 0 Å². The second-order valence-corrected chi connectivity index (χ2v) is 4.88. The van der Waals surface area contributed by atoms with Gasteiger partial charge in [0.15, 0.2) is 0 Å². The molecule has 94 valence electrons. The molecule has 5 nitrogen and oxygen atoms in total. The van der Waals surface area contributed by atoms with Crippen LogP contribution < -0.4 is 10.6 Å². The second-order valence-electron chi connectivity index (χ2n) is 4.03. The van der Waals surface area contributed by atoms with Crippen molar-refractivity contribution in [2.45, 2.75) is 12.2 Å². The third-order valence-electron chi connectivity index (χ3n) is 2.96. The first-order valence-corrected chi connectivity index (χ1v) is 6.16. The van der Waals surface area contributed by atoms with E-state index in [0.29, 0.717) is 5.69 Å². The van der Waals surface area contributed by atoms with Crippen LogP contribution in [0.15, 0.2) is 16.7 Å². The number of aromatic nitrogens is 1. The Hall–Kier alpha value is -0.850. The highest BCUT2D eigenvalue weighted by atomic mass is 79.9. The number of hydrogen-bond donors (Lipinski definition) is 1. The predicted octanol–water partition coefficient (Wildman–Crippen LogP) is 1.28.